The Hall–Kier alpha value is -1.49. The van der Waals surface area contributed by atoms with Crippen molar-refractivity contribution in [1.29, 1.82) is 0 Å². The number of amides is 1. The number of hydrogen-bond donors (Lipinski definition) is 1. The van der Waals surface area contributed by atoms with Crippen molar-refractivity contribution >= 4 is 5.91 Å². The average molecular weight is 294 g/mol. The first-order valence-corrected chi connectivity index (χ1v) is 7.56. The Morgan fingerprint density at radius 3 is 2.67 bits per heavy atom. The molecule has 114 valence electrons. The van der Waals surface area contributed by atoms with Crippen LogP contribution < -0.4 is 5.32 Å². The predicted octanol–water partition coefficient (Wildman–Crippen LogP) is 2.63. The first kappa shape index (κ1) is 14.4. The summed E-state index contributed by atoms with van der Waals surface area (Å²) in [6, 6.07) is 2.63. The summed E-state index contributed by atoms with van der Waals surface area (Å²) in [5, 5.41) is 3.36. The Morgan fingerprint density at radius 1 is 1.29 bits per heavy atom. The highest BCUT2D eigenvalue weighted by molar-refractivity contribution is 5.95. The quantitative estimate of drug-likeness (QED) is 0.926. The molecule has 1 aliphatic heterocycles. The molecule has 0 aromatic heterocycles. The van der Waals surface area contributed by atoms with Crippen LogP contribution >= 0.6 is 0 Å². The lowest BCUT2D eigenvalue weighted by atomic mass is 10.1. The van der Waals surface area contributed by atoms with Crippen molar-refractivity contribution in [2.24, 2.45) is 0 Å². The van der Waals surface area contributed by atoms with Gasteiger partial charge < -0.3 is 10.2 Å². The van der Waals surface area contributed by atoms with Crippen LogP contribution in [0.3, 0.4) is 0 Å². The van der Waals surface area contributed by atoms with E-state index in [4.69, 9.17) is 0 Å². The predicted molar refractivity (Wildman–Crippen MR) is 76.2 cm³/mol. The fraction of sp³-hybridized carbons (Fsp3) is 0.562. The van der Waals surface area contributed by atoms with Crippen molar-refractivity contribution in [3.05, 3.63) is 34.9 Å². The van der Waals surface area contributed by atoms with Gasteiger partial charge in [-0.25, -0.2) is 8.78 Å². The van der Waals surface area contributed by atoms with Gasteiger partial charge in [0, 0.05) is 24.7 Å². The summed E-state index contributed by atoms with van der Waals surface area (Å²) < 4.78 is 27.3. The molecule has 1 saturated carbocycles. The molecule has 1 saturated heterocycles. The zero-order valence-corrected chi connectivity index (χ0v) is 12.2. The SMILES string of the molecule is Cc1cc(C(=O)N(CC2CCCN2)C2CC2)c(F)cc1F. The first-order chi connectivity index (χ1) is 10.1. The van der Waals surface area contributed by atoms with E-state index < -0.39 is 11.6 Å². The van der Waals surface area contributed by atoms with Gasteiger partial charge in [-0.1, -0.05) is 0 Å². The van der Waals surface area contributed by atoms with Gasteiger partial charge in [0.1, 0.15) is 11.6 Å². The number of carbonyl (C=O) groups is 1. The summed E-state index contributed by atoms with van der Waals surface area (Å²) in [4.78, 5) is 14.4. The Bertz CT molecular complexity index is 551. The maximum Gasteiger partial charge on any atom is 0.257 e. The number of nitrogens with one attached hydrogen (secondary N) is 1. The lowest BCUT2D eigenvalue weighted by Gasteiger charge is -2.26. The monoisotopic (exact) mass is 294 g/mol. The fourth-order valence-electron chi connectivity index (χ4n) is 2.91. The molecule has 0 spiro atoms. The molecule has 1 N–H and O–H groups in total. The third kappa shape index (κ3) is 3.07. The minimum absolute atomic E-state index is 0.0150. The van der Waals surface area contributed by atoms with Gasteiger partial charge in [0.2, 0.25) is 0 Å². The molecule has 1 amide bonds. The van der Waals surface area contributed by atoms with Crippen molar-refractivity contribution in [3.63, 3.8) is 0 Å². The summed E-state index contributed by atoms with van der Waals surface area (Å²) in [5.74, 6) is -1.69. The zero-order chi connectivity index (χ0) is 15.0. The van der Waals surface area contributed by atoms with Crippen LogP contribution in [-0.4, -0.2) is 36.0 Å². The lowest BCUT2D eigenvalue weighted by Crippen LogP contribution is -2.42. The second-order valence-corrected chi connectivity index (χ2v) is 6.06. The van der Waals surface area contributed by atoms with Crippen molar-refractivity contribution in [2.45, 2.75) is 44.7 Å². The van der Waals surface area contributed by atoms with Crippen LogP contribution in [0.15, 0.2) is 12.1 Å². The third-order valence-corrected chi connectivity index (χ3v) is 4.31. The Labute approximate surface area is 123 Å². The second kappa shape index (κ2) is 5.72. The molecule has 1 heterocycles. The maximum atomic E-state index is 13.9. The molecule has 1 aliphatic carbocycles. The van der Waals surface area contributed by atoms with Crippen LogP contribution in [0, 0.1) is 18.6 Å². The van der Waals surface area contributed by atoms with Crippen LogP contribution in [0.2, 0.25) is 0 Å². The smallest absolute Gasteiger partial charge is 0.257 e. The highest BCUT2D eigenvalue weighted by Crippen LogP contribution is 2.30. The van der Waals surface area contributed by atoms with Crippen LogP contribution in [-0.2, 0) is 0 Å². The third-order valence-electron chi connectivity index (χ3n) is 4.31. The summed E-state index contributed by atoms with van der Waals surface area (Å²) in [6.45, 7) is 3.13. The van der Waals surface area contributed by atoms with Crippen LogP contribution in [0.4, 0.5) is 8.78 Å². The average Bonchev–Trinajstić information content (AvgIpc) is 3.16. The molecule has 3 nitrogen and oxygen atoms in total. The van der Waals surface area contributed by atoms with E-state index in [1.54, 1.807) is 11.8 Å². The minimum atomic E-state index is -0.770. The lowest BCUT2D eigenvalue weighted by molar-refractivity contribution is 0.0723. The van der Waals surface area contributed by atoms with Crippen molar-refractivity contribution in [3.8, 4) is 0 Å². The molecule has 21 heavy (non-hydrogen) atoms. The highest BCUT2D eigenvalue weighted by atomic mass is 19.1. The van der Waals surface area contributed by atoms with Crippen molar-refractivity contribution in [2.75, 3.05) is 13.1 Å². The van der Waals surface area contributed by atoms with E-state index in [9.17, 15) is 13.6 Å². The minimum Gasteiger partial charge on any atom is -0.334 e. The highest BCUT2D eigenvalue weighted by Gasteiger charge is 2.36. The Kier molecular flexibility index (Phi) is 3.93. The van der Waals surface area contributed by atoms with Crippen LogP contribution in [0.5, 0.6) is 0 Å². The molecule has 1 atom stereocenters. The number of rotatable bonds is 4. The van der Waals surface area contributed by atoms with E-state index >= 15 is 0 Å². The Balaban J connectivity index is 1.82. The number of aryl methyl sites for hydroxylation is 1. The van der Waals surface area contributed by atoms with E-state index in [0.717, 1.165) is 38.3 Å². The number of benzene rings is 1. The standard InChI is InChI=1S/C16H20F2N2O/c1-10-7-13(15(18)8-14(10)17)16(21)20(12-4-5-12)9-11-3-2-6-19-11/h7-8,11-12,19H,2-6,9H2,1H3. The van der Waals surface area contributed by atoms with Gasteiger partial charge in [0.25, 0.3) is 5.91 Å². The number of hydrogen-bond acceptors (Lipinski definition) is 2. The number of carbonyl (C=O) groups excluding carboxylic acids is 1. The summed E-state index contributed by atoms with van der Waals surface area (Å²) in [5.41, 5.74) is 0.285. The van der Waals surface area contributed by atoms with E-state index in [0.29, 0.717) is 18.2 Å². The van der Waals surface area contributed by atoms with Crippen LogP contribution in [0.1, 0.15) is 41.6 Å². The summed E-state index contributed by atoms with van der Waals surface area (Å²) in [7, 11) is 0. The van der Waals surface area contributed by atoms with Gasteiger partial charge in [0.15, 0.2) is 0 Å². The van der Waals surface area contributed by atoms with E-state index in [-0.39, 0.29) is 17.5 Å². The molecular formula is C16H20F2N2O. The van der Waals surface area contributed by atoms with Gasteiger partial charge in [-0.15, -0.1) is 0 Å². The molecule has 1 aromatic carbocycles. The van der Waals surface area contributed by atoms with Gasteiger partial charge in [0.05, 0.1) is 5.56 Å². The normalized spacial score (nSPS) is 21.6. The fourth-order valence-corrected chi connectivity index (χ4v) is 2.91. The van der Waals surface area contributed by atoms with Gasteiger partial charge in [-0.3, -0.25) is 4.79 Å². The molecule has 5 heteroatoms. The molecule has 2 fully saturated rings. The van der Waals surface area contributed by atoms with Gasteiger partial charge in [-0.2, -0.15) is 0 Å². The van der Waals surface area contributed by atoms with Gasteiger partial charge in [-0.05, 0) is 50.8 Å². The maximum absolute atomic E-state index is 13.9. The molecule has 3 rings (SSSR count). The van der Waals surface area contributed by atoms with Crippen molar-refractivity contribution < 1.29 is 13.6 Å². The summed E-state index contributed by atoms with van der Waals surface area (Å²) >= 11 is 0. The molecule has 1 aromatic rings. The number of halogens is 2. The Morgan fingerprint density at radius 2 is 2.05 bits per heavy atom. The van der Waals surface area contributed by atoms with Crippen molar-refractivity contribution in [1.82, 2.24) is 10.2 Å². The molecule has 2 aliphatic rings. The molecule has 1 unspecified atom stereocenters. The number of nitrogens with zero attached hydrogens (tertiary/aromatic N) is 1. The second-order valence-electron chi connectivity index (χ2n) is 6.06. The topological polar surface area (TPSA) is 32.3 Å². The zero-order valence-electron chi connectivity index (χ0n) is 12.2. The summed E-state index contributed by atoms with van der Waals surface area (Å²) in [6.07, 6.45) is 4.10. The first-order valence-electron chi connectivity index (χ1n) is 7.56. The van der Waals surface area contributed by atoms with Crippen LogP contribution in [0.25, 0.3) is 0 Å². The van der Waals surface area contributed by atoms with E-state index in [2.05, 4.69) is 5.32 Å². The van der Waals surface area contributed by atoms with E-state index in [1.807, 2.05) is 0 Å². The molecule has 0 bridgehead atoms. The van der Waals surface area contributed by atoms with E-state index in [1.165, 1.54) is 6.07 Å². The molecular weight excluding hydrogens is 274 g/mol. The van der Waals surface area contributed by atoms with Gasteiger partial charge >= 0.3 is 0 Å². The largest absolute Gasteiger partial charge is 0.334 e. The molecule has 0 radical (unpaired) electrons.